The summed E-state index contributed by atoms with van der Waals surface area (Å²) in [6.07, 6.45) is 0. The van der Waals surface area contributed by atoms with Crippen LogP contribution in [0.5, 0.6) is 0 Å². The van der Waals surface area contributed by atoms with Crippen molar-refractivity contribution in [3.05, 3.63) is 0 Å². The molecule has 1 heterocycles. The summed E-state index contributed by atoms with van der Waals surface area (Å²) in [5, 5.41) is 0. The van der Waals surface area contributed by atoms with Gasteiger partial charge in [-0.05, 0) is 6.92 Å². The van der Waals surface area contributed by atoms with E-state index in [1.807, 2.05) is 4.72 Å². The maximum absolute atomic E-state index is 11.4. The van der Waals surface area contributed by atoms with Crippen LogP contribution in [0.15, 0.2) is 0 Å². The molecule has 1 aliphatic heterocycles. The van der Waals surface area contributed by atoms with E-state index in [2.05, 4.69) is 0 Å². The number of carbonyl (C=O) groups is 1. The number of amides is 1. The standard InChI is InChI=1S/C7H14N2O4S/c1-2-14(11,12)9-7(10)5-3-13-4-6(5)8/h5-6H,2-4,8H2,1H3,(H,9,10). The van der Waals surface area contributed by atoms with Crippen molar-refractivity contribution in [1.82, 2.24) is 4.72 Å². The van der Waals surface area contributed by atoms with Crippen LogP contribution < -0.4 is 10.5 Å². The molecule has 1 saturated heterocycles. The van der Waals surface area contributed by atoms with Crippen LogP contribution in [-0.2, 0) is 19.6 Å². The minimum absolute atomic E-state index is 0.123. The highest BCUT2D eigenvalue weighted by molar-refractivity contribution is 7.90. The van der Waals surface area contributed by atoms with Gasteiger partial charge in [0.25, 0.3) is 0 Å². The van der Waals surface area contributed by atoms with E-state index in [0.29, 0.717) is 6.61 Å². The molecule has 0 bridgehead atoms. The fraction of sp³-hybridized carbons (Fsp3) is 0.857. The van der Waals surface area contributed by atoms with Gasteiger partial charge in [0.15, 0.2) is 0 Å². The van der Waals surface area contributed by atoms with Gasteiger partial charge in [0, 0.05) is 6.04 Å². The van der Waals surface area contributed by atoms with E-state index in [1.165, 1.54) is 6.92 Å². The molecule has 0 saturated carbocycles. The Morgan fingerprint density at radius 2 is 2.21 bits per heavy atom. The van der Waals surface area contributed by atoms with Gasteiger partial charge < -0.3 is 10.5 Å². The molecule has 0 aliphatic carbocycles. The molecule has 1 aliphatic rings. The molecule has 0 aromatic carbocycles. The second-order valence-electron chi connectivity index (χ2n) is 3.18. The molecule has 7 heteroatoms. The number of hydrogen-bond acceptors (Lipinski definition) is 5. The van der Waals surface area contributed by atoms with Crippen molar-refractivity contribution in [3.63, 3.8) is 0 Å². The average molecular weight is 222 g/mol. The normalized spacial score (nSPS) is 27.6. The first-order chi connectivity index (χ1) is 6.46. The molecular weight excluding hydrogens is 208 g/mol. The maximum Gasteiger partial charge on any atom is 0.240 e. The molecule has 1 rings (SSSR count). The smallest absolute Gasteiger partial charge is 0.240 e. The number of hydrogen-bond donors (Lipinski definition) is 2. The van der Waals surface area contributed by atoms with Gasteiger partial charge in [0.2, 0.25) is 15.9 Å². The summed E-state index contributed by atoms with van der Waals surface area (Å²) >= 11 is 0. The zero-order valence-corrected chi connectivity index (χ0v) is 8.71. The summed E-state index contributed by atoms with van der Waals surface area (Å²) in [6.45, 7) is 1.94. The van der Waals surface area contributed by atoms with Crippen molar-refractivity contribution in [2.45, 2.75) is 13.0 Å². The van der Waals surface area contributed by atoms with Gasteiger partial charge in [-0.25, -0.2) is 8.42 Å². The first kappa shape index (κ1) is 11.4. The first-order valence-electron chi connectivity index (χ1n) is 4.34. The van der Waals surface area contributed by atoms with Crippen LogP contribution in [0.25, 0.3) is 0 Å². The van der Waals surface area contributed by atoms with Crippen molar-refractivity contribution in [1.29, 1.82) is 0 Å². The largest absolute Gasteiger partial charge is 0.379 e. The second kappa shape index (κ2) is 4.24. The molecule has 0 radical (unpaired) electrons. The van der Waals surface area contributed by atoms with Crippen molar-refractivity contribution < 1.29 is 17.9 Å². The van der Waals surface area contributed by atoms with E-state index in [9.17, 15) is 13.2 Å². The van der Waals surface area contributed by atoms with Crippen molar-refractivity contribution in [2.75, 3.05) is 19.0 Å². The van der Waals surface area contributed by atoms with Crippen LogP contribution >= 0.6 is 0 Å². The quantitative estimate of drug-likeness (QED) is 0.601. The summed E-state index contributed by atoms with van der Waals surface area (Å²) in [5.74, 6) is -1.25. The number of ether oxygens (including phenoxy) is 1. The van der Waals surface area contributed by atoms with Gasteiger partial charge in [-0.3, -0.25) is 9.52 Å². The molecule has 1 amide bonds. The predicted octanol–water partition coefficient (Wildman–Crippen LogP) is -1.57. The lowest BCUT2D eigenvalue weighted by molar-refractivity contribution is -0.123. The van der Waals surface area contributed by atoms with E-state index in [1.54, 1.807) is 0 Å². The van der Waals surface area contributed by atoms with E-state index in [4.69, 9.17) is 10.5 Å². The third-order valence-electron chi connectivity index (χ3n) is 2.10. The highest BCUT2D eigenvalue weighted by atomic mass is 32.2. The Morgan fingerprint density at radius 3 is 2.64 bits per heavy atom. The van der Waals surface area contributed by atoms with Gasteiger partial charge in [-0.2, -0.15) is 0 Å². The van der Waals surface area contributed by atoms with Crippen LogP contribution in [0.3, 0.4) is 0 Å². The van der Waals surface area contributed by atoms with Crippen LogP contribution in [0, 0.1) is 5.92 Å². The predicted molar refractivity (Wildman–Crippen MR) is 49.9 cm³/mol. The van der Waals surface area contributed by atoms with Gasteiger partial charge in [0.05, 0.1) is 24.9 Å². The van der Waals surface area contributed by atoms with Crippen LogP contribution in [-0.4, -0.2) is 39.3 Å². The lowest BCUT2D eigenvalue weighted by Crippen LogP contribution is -2.43. The van der Waals surface area contributed by atoms with Crippen LogP contribution in [0.2, 0.25) is 0 Å². The van der Waals surface area contributed by atoms with Gasteiger partial charge in [-0.1, -0.05) is 0 Å². The van der Waals surface area contributed by atoms with Gasteiger partial charge in [0.1, 0.15) is 0 Å². The van der Waals surface area contributed by atoms with Crippen LogP contribution in [0.4, 0.5) is 0 Å². The van der Waals surface area contributed by atoms with Crippen molar-refractivity contribution in [2.24, 2.45) is 11.7 Å². The minimum atomic E-state index is -3.49. The number of nitrogens with one attached hydrogen (secondary N) is 1. The molecule has 1 fully saturated rings. The fourth-order valence-electron chi connectivity index (χ4n) is 1.14. The average Bonchev–Trinajstić information content (AvgIpc) is 2.51. The molecule has 3 N–H and O–H groups in total. The molecule has 2 unspecified atom stereocenters. The number of sulfonamides is 1. The summed E-state index contributed by atoms with van der Waals surface area (Å²) in [6, 6.07) is -0.415. The number of rotatable bonds is 3. The first-order valence-corrected chi connectivity index (χ1v) is 5.99. The van der Waals surface area contributed by atoms with E-state index in [0.717, 1.165) is 0 Å². The Labute approximate surface area is 82.8 Å². The number of carbonyl (C=O) groups excluding carboxylic acids is 1. The topological polar surface area (TPSA) is 98.5 Å². The Balaban J connectivity index is 2.58. The zero-order chi connectivity index (χ0) is 10.8. The molecule has 82 valence electrons. The number of nitrogens with two attached hydrogens (primary N) is 1. The maximum atomic E-state index is 11.4. The summed E-state index contributed by atoms with van der Waals surface area (Å²) in [5.41, 5.74) is 5.56. The highest BCUT2D eigenvalue weighted by Crippen LogP contribution is 2.11. The molecule has 0 aromatic heterocycles. The summed E-state index contributed by atoms with van der Waals surface area (Å²) < 4.78 is 29.0. The SMILES string of the molecule is CCS(=O)(=O)NC(=O)C1COCC1N. The van der Waals surface area contributed by atoms with E-state index >= 15 is 0 Å². The van der Waals surface area contributed by atoms with E-state index in [-0.39, 0.29) is 12.4 Å². The molecule has 6 nitrogen and oxygen atoms in total. The third-order valence-corrected chi connectivity index (χ3v) is 3.37. The molecular formula is C7H14N2O4S. The third kappa shape index (κ3) is 2.66. The lowest BCUT2D eigenvalue weighted by Gasteiger charge is -2.12. The Bertz CT molecular complexity index is 314. The monoisotopic (exact) mass is 222 g/mol. The van der Waals surface area contributed by atoms with Gasteiger partial charge >= 0.3 is 0 Å². The minimum Gasteiger partial charge on any atom is -0.379 e. The summed E-state index contributed by atoms with van der Waals surface area (Å²) in [7, 11) is -3.49. The Hall–Kier alpha value is -0.660. The molecule has 2 atom stereocenters. The Morgan fingerprint density at radius 1 is 1.57 bits per heavy atom. The molecule has 0 aromatic rings. The Kier molecular flexibility index (Phi) is 3.46. The molecule has 0 spiro atoms. The van der Waals surface area contributed by atoms with Crippen LogP contribution in [0.1, 0.15) is 6.92 Å². The zero-order valence-electron chi connectivity index (χ0n) is 7.89. The van der Waals surface area contributed by atoms with E-state index < -0.39 is 27.9 Å². The van der Waals surface area contributed by atoms with Crippen molar-refractivity contribution in [3.8, 4) is 0 Å². The van der Waals surface area contributed by atoms with Gasteiger partial charge in [-0.15, -0.1) is 0 Å². The summed E-state index contributed by atoms with van der Waals surface area (Å²) in [4.78, 5) is 11.4. The second-order valence-corrected chi connectivity index (χ2v) is 5.19. The molecule has 14 heavy (non-hydrogen) atoms. The lowest BCUT2D eigenvalue weighted by atomic mass is 10.1. The fourth-order valence-corrected chi connectivity index (χ4v) is 1.74. The highest BCUT2D eigenvalue weighted by Gasteiger charge is 2.32. The van der Waals surface area contributed by atoms with Crippen molar-refractivity contribution >= 4 is 15.9 Å².